The van der Waals surface area contributed by atoms with E-state index < -0.39 is 5.60 Å². The molecule has 1 aromatic carbocycles. The van der Waals surface area contributed by atoms with E-state index in [0.29, 0.717) is 11.5 Å². The molecule has 0 atom stereocenters. The Morgan fingerprint density at radius 3 is 2.81 bits per heavy atom. The van der Waals surface area contributed by atoms with Gasteiger partial charge in [-0.3, -0.25) is 9.36 Å². The highest BCUT2D eigenvalue weighted by Gasteiger charge is 2.32. The van der Waals surface area contributed by atoms with Crippen LogP contribution in [-0.2, 0) is 0 Å². The molecule has 0 radical (unpaired) electrons. The van der Waals surface area contributed by atoms with Gasteiger partial charge < -0.3 is 10.4 Å². The first-order chi connectivity index (χ1) is 13.1. The molecule has 2 heterocycles. The maximum atomic E-state index is 13.0. The van der Waals surface area contributed by atoms with E-state index in [0.717, 1.165) is 42.9 Å². The van der Waals surface area contributed by atoms with Gasteiger partial charge in [-0.2, -0.15) is 0 Å². The number of rotatable bonds is 4. The molecule has 1 saturated carbocycles. The SMILES string of the molecule is CCC1(O)CCC(NC(=O)c2nc(-n3ccnc3)cc3ccccc23)CC1. The summed E-state index contributed by atoms with van der Waals surface area (Å²) in [5, 5.41) is 15.3. The van der Waals surface area contributed by atoms with Gasteiger partial charge in [0, 0.05) is 23.8 Å². The van der Waals surface area contributed by atoms with Crippen molar-refractivity contribution in [3.63, 3.8) is 0 Å². The highest BCUT2D eigenvalue weighted by molar-refractivity contribution is 6.05. The molecule has 4 rings (SSSR count). The van der Waals surface area contributed by atoms with Crippen LogP contribution < -0.4 is 5.32 Å². The summed E-state index contributed by atoms with van der Waals surface area (Å²) < 4.78 is 1.80. The molecule has 2 N–H and O–H groups in total. The fourth-order valence-corrected chi connectivity index (χ4v) is 3.79. The summed E-state index contributed by atoms with van der Waals surface area (Å²) in [6.07, 6.45) is 8.94. The standard InChI is InChI=1S/C21H24N4O2/c1-2-21(27)9-7-16(8-10-21)23-20(26)19-17-6-4-3-5-15(17)13-18(24-19)25-12-11-22-14-25/h3-6,11-14,16,27H,2,7-10H2,1H3,(H,23,26). The van der Waals surface area contributed by atoms with E-state index in [-0.39, 0.29) is 11.9 Å². The molecule has 3 aromatic rings. The number of nitrogens with zero attached hydrogens (tertiary/aromatic N) is 3. The van der Waals surface area contributed by atoms with E-state index in [9.17, 15) is 9.90 Å². The number of nitrogens with one attached hydrogen (secondary N) is 1. The van der Waals surface area contributed by atoms with E-state index >= 15 is 0 Å². The van der Waals surface area contributed by atoms with E-state index in [2.05, 4.69) is 15.3 Å². The Kier molecular flexibility index (Phi) is 4.66. The van der Waals surface area contributed by atoms with E-state index in [4.69, 9.17) is 0 Å². The first-order valence-corrected chi connectivity index (χ1v) is 9.49. The van der Waals surface area contributed by atoms with Crippen molar-refractivity contribution in [2.45, 2.75) is 50.7 Å². The Balaban J connectivity index is 1.61. The number of pyridine rings is 1. The summed E-state index contributed by atoms with van der Waals surface area (Å²) >= 11 is 0. The summed E-state index contributed by atoms with van der Waals surface area (Å²) in [6.45, 7) is 2.01. The molecule has 27 heavy (non-hydrogen) atoms. The van der Waals surface area contributed by atoms with Crippen LogP contribution in [0.4, 0.5) is 0 Å². The number of carbonyl (C=O) groups excluding carboxylic acids is 1. The molecular formula is C21H24N4O2. The summed E-state index contributed by atoms with van der Waals surface area (Å²) in [5.41, 5.74) is -0.152. The minimum absolute atomic E-state index is 0.0711. The number of aromatic nitrogens is 3. The number of hydrogen-bond donors (Lipinski definition) is 2. The number of aliphatic hydroxyl groups is 1. The Hall–Kier alpha value is -2.73. The van der Waals surface area contributed by atoms with Crippen molar-refractivity contribution in [3.05, 3.63) is 54.7 Å². The number of carbonyl (C=O) groups is 1. The van der Waals surface area contributed by atoms with Gasteiger partial charge in [-0.1, -0.05) is 31.2 Å². The van der Waals surface area contributed by atoms with Crippen LogP contribution in [0.25, 0.3) is 16.6 Å². The van der Waals surface area contributed by atoms with E-state index in [1.54, 1.807) is 17.1 Å². The molecule has 0 aliphatic heterocycles. The lowest BCUT2D eigenvalue weighted by molar-refractivity contribution is -0.00653. The van der Waals surface area contributed by atoms with E-state index in [1.807, 2.05) is 43.5 Å². The Labute approximate surface area is 158 Å². The highest BCUT2D eigenvalue weighted by atomic mass is 16.3. The van der Waals surface area contributed by atoms with Crippen LogP contribution in [0.15, 0.2) is 49.1 Å². The maximum absolute atomic E-state index is 13.0. The zero-order valence-corrected chi connectivity index (χ0v) is 15.4. The second kappa shape index (κ2) is 7.12. The smallest absolute Gasteiger partial charge is 0.270 e. The van der Waals surface area contributed by atoms with Gasteiger partial charge >= 0.3 is 0 Å². The van der Waals surface area contributed by atoms with Crippen molar-refractivity contribution < 1.29 is 9.90 Å². The average Bonchev–Trinajstić information content (AvgIpc) is 3.24. The molecule has 6 nitrogen and oxygen atoms in total. The van der Waals surface area contributed by atoms with Crippen molar-refractivity contribution in [1.82, 2.24) is 19.9 Å². The van der Waals surface area contributed by atoms with Gasteiger partial charge in [-0.25, -0.2) is 9.97 Å². The predicted octanol–water partition coefficient (Wildman–Crippen LogP) is 3.23. The number of hydrogen-bond acceptors (Lipinski definition) is 4. The Bertz CT molecular complexity index is 944. The molecule has 6 heteroatoms. The number of benzene rings is 1. The molecule has 1 aliphatic rings. The molecule has 1 amide bonds. The lowest BCUT2D eigenvalue weighted by Crippen LogP contribution is -2.43. The van der Waals surface area contributed by atoms with Gasteiger partial charge in [0.15, 0.2) is 0 Å². The lowest BCUT2D eigenvalue weighted by Gasteiger charge is -2.35. The zero-order valence-electron chi connectivity index (χ0n) is 15.4. The average molecular weight is 364 g/mol. The second-order valence-corrected chi connectivity index (χ2v) is 7.35. The number of imidazole rings is 1. The van der Waals surface area contributed by atoms with Gasteiger partial charge in [-0.15, -0.1) is 0 Å². The molecule has 2 aromatic heterocycles. The fraction of sp³-hybridized carbons (Fsp3) is 0.381. The van der Waals surface area contributed by atoms with Crippen molar-refractivity contribution >= 4 is 16.7 Å². The van der Waals surface area contributed by atoms with Crippen molar-refractivity contribution in [2.24, 2.45) is 0 Å². The molecule has 1 aliphatic carbocycles. The predicted molar refractivity (Wildman–Crippen MR) is 104 cm³/mol. The van der Waals surface area contributed by atoms with Gasteiger partial charge in [0.1, 0.15) is 17.8 Å². The summed E-state index contributed by atoms with van der Waals surface area (Å²) in [4.78, 5) is 21.7. The molecule has 140 valence electrons. The number of fused-ring (bicyclic) bond motifs is 1. The van der Waals surface area contributed by atoms with Crippen LogP contribution in [0.3, 0.4) is 0 Å². The normalized spacial score (nSPS) is 22.7. The quantitative estimate of drug-likeness (QED) is 0.745. The molecule has 0 spiro atoms. The minimum atomic E-state index is -0.576. The lowest BCUT2D eigenvalue weighted by atomic mass is 9.80. The molecule has 0 saturated heterocycles. The Morgan fingerprint density at radius 1 is 1.33 bits per heavy atom. The first-order valence-electron chi connectivity index (χ1n) is 9.49. The second-order valence-electron chi connectivity index (χ2n) is 7.35. The monoisotopic (exact) mass is 364 g/mol. The van der Waals surface area contributed by atoms with Gasteiger partial charge in [0.25, 0.3) is 5.91 Å². The third-order valence-electron chi connectivity index (χ3n) is 5.62. The van der Waals surface area contributed by atoms with Gasteiger partial charge in [0.05, 0.1) is 5.60 Å². The highest BCUT2D eigenvalue weighted by Crippen LogP contribution is 2.31. The maximum Gasteiger partial charge on any atom is 0.270 e. The first kappa shape index (κ1) is 17.7. The van der Waals surface area contributed by atoms with Crippen LogP contribution in [0.1, 0.15) is 49.5 Å². The third kappa shape index (κ3) is 3.57. The van der Waals surface area contributed by atoms with Crippen molar-refractivity contribution in [2.75, 3.05) is 0 Å². The van der Waals surface area contributed by atoms with Crippen LogP contribution in [0.5, 0.6) is 0 Å². The number of amides is 1. The van der Waals surface area contributed by atoms with Crippen molar-refractivity contribution in [1.29, 1.82) is 0 Å². The van der Waals surface area contributed by atoms with Crippen LogP contribution in [0.2, 0.25) is 0 Å². The van der Waals surface area contributed by atoms with Gasteiger partial charge in [0.2, 0.25) is 0 Å². The summed E-state index contributed by atoms with van der Waals surface area (Å²) in [5.74, 6) is 0.500. The van der Waals surface area contributed by atoms with E-state index in [1.165, 1.54) is 0 Å². The molecule has 0 unspecified atom stereocenters. The van der Waals surface area contributed by atoms with Crippen LogP contribution >= 0.6 is 0 Å². The largest absolute Gasteiger partial charge is 0.390 e. The van der Waals surface area contributed by atoms with Gasteiger partial charge in [-0.05, 0) is 43.6 Å². The van der Waals surface area contributed by atoms with Crippen LogP contribution in [0, 0.1) is 0 Å². The third-order valence-corrected chi connectivity index (χ3v) is 5.62. The topological polar surface area (TPSA) is 80.0 Å². The summed E-state index contributed by atoms with van der Waals surface area (Å²) in [7, 11) is 0. The van der Waals surface area contributed by atoms with Crippen molar-refractivity contribution in [3.8, 4) is 5.82 Å². The molecule has 1 fully saturated rings. The Morgan fingerprint density at radius 2 is 2.11 bits per heavy atom. The zero-order chi connectivity index (χ0) is 18.9. The molecular weight excluding hydrogens is 340 g/mol. The van der Waals surface area contributed by atoms with Crippen LogP contribution in [-0.4, -0.2) is 37.2 Å². The molecule has 0 bridgehead atoms. The summed E-state index contributed by atoms with van der Waals surface area (Å²) in [6, 6.07) is 9.80. The fourth-order valence-electron chi connectivity index (χ4n) is 3.79. The minimum Gasteiger partial charge on any atom is -0.390 e.